The zero-order valence-electron chi connectivity index (χ0n) is 10.7. The Morgan fingerprint density at radius 2 is 1.76 bits per heavy atom. The van der Waals surface area contributed by atoms with Gasteiger partial charge in [0.15, 0.2) is 0 Å². The number of rotatable bonds is 1. The van der Waals surface area contributed by atoms with E-state index < -0.39 is 0 Å². The first-order chi connectivity index (χ1) is 8.29. The highest BCUT2D eigenvalue weighted by molar-refractivity contribution is 5.82. The van der Waals surface area contributed by atoms with Gasteiger partial charge in [-0.1, -0.05) is 12.8 Å². The summed E-state index contributed by atoms with van der Waals surface area (Å²) in [4.78, 5) is 14.4. The lowest BCUT2D eigenvalue weighted by Gasteiger charge is -2.40. The molecule has 1 atom stereocenters. The summed E-state index contributed by atoms with van der Waals surface area (Å²) < 4.78 is 0. The molecule has 2 heterocycles. The van der Waals surface area contributed by atoms with E-state index in [1.165, 1.54) is 38.5 Å². The van der Waals surface area contributed by atoms with E-state index in [-0.39, 0.29) is 6.04 Å². The van der Waals surface area contributed by atoms with Crippen molar-refractivity contribution in [2.75, 3.05) is 19.6 Å². The van der Waals surface area contributed by atoms with Crippen LogP contribution in [0.5, 0.6) is 0 Å². The Bertz CT molecular complexity index is 281. The molecule has 0 aromatic heterocycles. The van der Waals surface area contributed by atoms with Crippen molar-refractivity contribution >= 4 is 5.91 Å². The Balaban J connectivity index is 1.55. The van der Waals surface area contributed by atoms with Crippen molar-refractivity contribution in [1.82, 2.24) is 10.2 Å². The quantitative estimate of drug-likeness (QED) is 0.754. The number of nitrogens with one attached hydrogen (secondary N) is 1. The molecule has 0 aromatic rings. The maximum atomic E-state index is 12.3. The highest BCUT2D eigenvalue weighted by Crippen LogP contribution is 2.46. The molecule has 3 rings (SSSR count). The molecule has 2 aliphatic heterocycles. The van der Waals surface area contributed by atoms with Crippen molar-refractivity contribution in [2.24, 2.45) is 5.41 Å². The van der Waals surface area contributed by atoms with Crippen LogP contribution in [-0.2, 0) is 4.79 Å². The lowest BCUT2D eigenvalue weighted by Crippen LogP contribution is -2.48. The number of likely N-dealkylation sites (tertiary alicyclic amines) is 1. The molecule has 0 unspecified atom stereocenters. The molecular weight excluding hydrogens is 212 g/mol. The first-order valence-corrected chi connectivity index (χ1v) is 7.31. The molecule has 3 nitrogen and oxygen atoms in total. The molecule has 96 valence electrons. The minimum absolute atomic E-state index is 0.132. The second kappa shape index (κ2) is 4.60. The van der Waals surface area contributed by atoms with Gasteiger partial charge in [-0.25, -0.2) is 0 Å². The fraction of sp³-hybridized carbons (Fsp3) is 0.929. The third-order valence-corrected chi connectivity index (χ3v) is 5.16. The van der Waals surface area contributed by atoms with Crippen LogP contribution in [-0.4, -0.2) is 36.5 Å². The molecule has 3 fully saturated rings. The zero-order valence-corrected chi connectivity index (χ0v) is 10.7. The van der Waals surface area contributed by atoms with Gasteiger partial charge < -0.3 is 10.2 Å². The average Bonchev–Trinajstić information content (AvgIpc) is 3.01. The highest BCUT2D eigenvalue weighted by Gasteiger charge is 2.39. The molecule has 3 aliphatic rings. The minimum Gasteiger partial charge on any atom is -0.341 e. The second-order valence-electron chi connectivity index (χ2n) is 6.18. The summed E-state index contributed by atoms with van der Waals surface area (Å²) in [6.45, 7) is 3.04. The first-order valence-electron chi connectivity index (χ1n) is 7.31. The van der Waals surface area contributed by atoms with Gasteiger partial charge in [-0.15, -0.1) is 0 Å². The SMILES string of the molecule is O=C([C@@H]1CCCN1)N1CCC2(CCCC2)CC1. The van der Waals surface area contributed by atoms with E-state index in [1.807, 2.05) is 0 Å². The van der Waals surface area contributed by atoms with Gasteiger partial charge in [-0.3, -0.25) is 4.79 Å². The molecule has 0 aromatic carbocycles. The number of carbonyl (C=O) groups excluding carboxylic acids is 1. The summed E-state index contributed by atoms with van der Waals surface area (Å²) in [7, 11) is 0. The fourth-order valence-corrected chi connectivity index (χ4v) is 3.94. The van der Waals surface area contributed by atoms with Crippen LogP contribution in [0, 0.1) is 5.41 Å². The van der Waals surface area contributed by atoms with E-state index in [0.717, 1.165) is 32.5 Å². The van der Waals surface area contributed by atoms with Crippen LogP contribution in [0.1, 0.15) is 51.4 Å². The van der Waals surface area contributed by atoms with Crippen molar-refractivity contribution in [3.05, 3.63) is 0 Å². The van der Waals surface area contributed by atoms with E-state index in [2.05, 4.69) is 10.2 Å². The largest absolute Gasteiger partial charge is 0.341 e. The van der Waals surface area contributed by atoms with Gasteiger partial charge in [-0.2, -0.15) is 0 Å². The van der Waals surface area contributed by atoms with Gasteiger partial charge in [0.1, 0.15) is 0 Å². The third kappa shape index (κ3) is 2.22. The maximum Gasteiger partial charge on any atom is 0.239 e. The van der Waals surface area contributed by atoms with Gasteiger partial charge in [0, 0.05) is 13.1 Å². The number of amides is 1. The van der Waals surface area contributed by atoms with Crippen molar-refractivity contribution in [1.29, 1.82) is 0 Å². The molecular formula is C14H24N2O. The zero-order chi connectivity index (χ0) is 11.7. The van der Waals surface area contributed by atoms with E-state index in [4.69, 9.17) is 0 Å². The summed E-state index contributed by atoms with van der Waals surface area (Å²) in [6.07, 6.45) is 10.4. The summed E-state index contributed by atoms with van der Waals surface area (Å²) in [5.74, 6) is 0.371. The van der Waals surface area contributed by atoms with Crippen LogP contribution >= 0.6 is 0 Å². The average molecular weight is 236 g/mol. The topological polar surface area (TPSA) is 32.3 Å². The number of carbonyl (C=O) groups is 1. The van der Waals surface area contributed by atoms with E-state index in [9.17, 15) is 4.79 Å². The van der Waals surface area contributed by atoms with Crippen molar-refractivity contribution < 1.29 is 4.79 Å². The summed E-state index contributed by atoms with van der Waals surface area (Å²) in [5.41, 5.74) is 0.625. The van der Waals surface area contributed by atoms with Crippen molar-refractivity contribution in [3.8, 4) is 0 Å². The monoisotopic (exact) mass is 236 g/mol. The first kappa shape index (κ1) is 11.5. The smallest absolute Gasteiger partial charge is 0.239 e. The lowest BCUT2D eigenvalue weighted by molar-refractivity contribution is -0.135. The van der Waals surface area contributed by atoms with Crippen molar-refractivity contribution in [2.45, 2.75) is 57.4 Å². The van der Waals surface area contributed by atoms with Gasteiger partial charge in [0.25, 0.3) is 0 Å². The van der Waals surface area contributed by atoms with Crippen LogP contribution in [0.2, 0.25) is 0 Å². The van der Waals surface area contributed by atoms with E-state index in [1.54, 1.807) is 0 Å². The summed E-state index contributed by atoms with van der Waals surface area (Å²) >= 11 is 0. The molecule has 0 bridgehead atoms. The van der Waals surface area contributed by atoms with Gasteiger partial charge in [0.2, 0.25) is 5.91 Å². The predicted molar refractivity (Wildman–Crippen MR) is 67.7 cm³/mol. The number of hydrogen-bond acceptors (Lipinski definition) is 2. The van der Waals surface area contributed by atoms with Crippen LogP contribution in [0.15, 0.2) is 0 Å². The minimum atomic E-state index is 0.132. The Labute approximate surface area is 104 Å². The number of nitrogens with zero attached hydrogens (tertiary/aromatic N) is 1. The molecule has 1 saturated carbocycles. The van der Waals surface area contributed by atoms with Crippen LogP contribution in [0.25, 0.3) is 0 Å². The Morgan fingerprint density at radius 1 is 1.06 bits per heavy atom. The lowest BCUT2D eigenvalue weighted by atomic mass is 9.77. The Hall–Kier alpha value is -0.570. The van der Waals surface area contributed by atoms with Crippen LogP contribution in [0.3, 0.4) is 0 Å². The van der Waals surface area contributed by atoms with Gasteiger partial charge >= 0.3 is 0 Å². The molecule has 3 heteroatoms. The molecule has 1 N–H and O–H groups in total. The standard InChI is InChI=1S/C14H24N2O/c17-13(12-4-3-9-15-12)16-10-7-14(8-11-16)5-1-2-6-14/h12,15H,1-11H2/t12-/m0/s1. The number of piperidine rings is 1. The van der Waals surface area contributed by atoms with Crippen LogP contribution in [0.4, 0.5) is 0 Å². The van der Waals surface area contributed by atoms with Crippen molar-refractivity contribution in [3.63, 3.8) is 0 Å². The second-order valence-corrected chi connectivity index (χ2v) is 6.18. The van der Waals surface area contributed by atoms with E-state index >= 15 is 0 Å². The van der Waals surface area contributed by atoms with Gasteiger partial charge in [0.05, 0.1) is 6.04 Å². The third-order valence-electron chi connectivity index (χ3n) is 5.16. The highest BCUT2D eigenvalue weighted by atomic mass is 16.2. The fourth-order valence-electron chi connectivity index (χ4n) is 3.94. The summed E-state index contributed by atoms with van der Waals surface area (Å²) in [5, 5.41) is 3.32. The molecule has 2 saturated heterocycles. The van der Waals surface area contributed by atoms with Gasteiger partial charge in [-0.05, 0) is 50.5 Å². The molecule has 0 radical (unpaired) electrons. The Kier molecular flexibility index (Phi) is 3.12. The Morgan fingerprint density at radius 3 is 2.35 bits per heavy atom. The molecule has 17 heavy (non-hydrogen) atoms. The van der Waals surface area contributed by atoms with E-state index in [0.29, 0.717) is 11.3 Å². The molecule has 1 amide bonds. The maximum absolute atomic E-state index is 12.3. The normalized spacial score (nSPS) is 32.2. The molecule has 1 spiro atoms. The number of hydrogen-bond donors (Lipinski definition) is 1. The summed E-state index contributed by atoms with van der Waals surface area (Å²) in [6, 6.07) is 0.132. The molecule has 1 aliphatic carbocycles. The van der Waals surface area contributed by atoms with Crippen LogP contribution < -0.4 is 5.32 Å². The predicted octanol–water partition coefficient (Wildman–Crippen LogP) is 1.92.